The second-order valence-electron chi connectivity index (χ2n) is 3.77. The predicted octanol–water partition coefficient (Wildman–Crippen LogP) is 4.00. The fraction of sp³-hybridized carbons (Fsp3) is 0. The Hall–Kier alpha value is -2.47. The number of nitro groups is 1. The summed E-state index contributed by atoms with van der Waals surface area (Å²) in [6.07, 6.45) is 1.62. The van der Waals surface area contributed by atoms with Gasteiger partial charge in [0.15, 0.2) is 0 Å². The van der Waals surface area contributed by atoms with E-state index in [1.165, 1.54) is 17.4 Å². The summed E-state index contributed by atoms with van der Waals surface area (Å²) in [6.45, 7) is 0. The van der Waals surface area contributed by atoms with Crippen LogP contribution >= 0.6 is 11.3 Å². The molecule has 0 spiro atoms. The van der Waals surface area contributed by atoms with E-state index in [0.29, 0.717) is 5.75 Å². The van der Waals surface area contributed by atoms with Gasteiger partial charge >= 0.3 is 5.69 Å². The molecule has 0 N–H and O–H groups in total. The number of para-hydroxylation sites is 2. The highest BCUT2D eigenvalue weighted by atomic mass is 32.1. The number of aromatic nitrogens is 1. The first-order valence-electron chi connectivity index (χ1n) is 5.49. The largest absolute Gasteiger partial charge is 0.448 e. The normalized spacial score (nSPS) is 10.5. The molecule has 2 aromatic heterocycles. The first-order valence-corrected chi connectivity index (χ1v) is 6.37. The minimum Gasteiger partial charge on any atom is -0.448 e. The monoisotopic (exact) mass is 272 g/mol. The van der Waals surface area contributed by atoms with E-state index in [2.05, 4.69) is 4.98 Å². The average molecular weight is 272 g/mol. The SMILES string of the molecule is O=[N+]([O-])c1ccccc1Oc1ccnc2ccsc12. The Morgan fingerprint density at radius 3 is 2.84 bits per heavy atom. The van der Waals surface area contributed by atoms with E-state index in [-0.39, 0.29) is 11.4 Å². The van der Waals surface area contributed by atoms with Crippen molar-refractivity contribution in [3.63, 3.8) is 0 Å². The van der Waals surface area contributed by atoms with Crippen LogP contribution in [0.3, 0.4) is 0 Å². The summed E-state index contributed by atoms with van der Waals surface area (Å²) in [5.41, 5.74) is 0.769. The lowest BCUT2D eigenvalue weighted by molar-refractivity contribution is -0.385. The fourth-order valence-corrected chi connectivity index (χ4v) is 2.54. The molecule has 0 fully saturated rings. The van der Waals surface area contributed by atoms with E-state index in [4.69, 9.17) is 4.74 Å². The number of nitro benzene ring substituents is 1. The van der Waals surface area contributed by atoms with Gasteiger partial charge in [0.1, 0.15) is 5.75 Å². The van der Waals surface area contributed by atoms with E-state index in [1.54, 1.807) is 30.5 Å². The highest BCUT2D eigenvalue weighted by molar-refractivity contribution is 7.17. The Morgan fingerprint density at radius 1 is 1.16 bits per heavy atom. The molecule has 1 aromatic carbocycles. The molecule has 6 heteroatoms. The number of nitrogens with zero attached hydrogens (tertiary/aromatic N) is 2. The standard InChI is InChI=1S/C13H8N2O3S/c16-15(17)10-3-1-2-4-11(10)18-12-5-7-14-9-6-8-19-13(9)12/h1-8H. The molecule has 0 bridgehead atoms. The average Bonchev–Trinajstić information content (AvgIpc) is 2.88. The summed E-state index contributed by atoms with van der Waals surface area (Å²) in [5.74, 6) is 0.808. The van der Waals surface area contributed by atoms with Crippen molar-refractivity contribution in [1.29, 1.82) is 0 Å². The van der Waals surface area contributed by atoms with Crippen molar-refractivity contribution in [1.82, 2.24) is 4.98 Å². The van der Waals surface area contributed by atoms with E-state index in [9.17, 15) is 10.1 Å². The molecule has 5 nitrogen and oxygen atoms in total. The number of hydrogen-bond acceptors (Lipinski definition) is 5. The van der Waals surface area contributed by atoms with Gasteiger partial charge in [0, 0.05) is 18.3 Å². The minimum atomic E-state index is -0.456. The number of fused-ring (bicyclic) bond motifs is 1. The lowest BCUT2D eigenvalue weighted by atomic mass is 10.3. The van der Waals surface area contributed by atoms with Crippen LogP contribution in [0.1, 0.15) is 0 Å². The van der Waals surface area contributed by atoms with E-state index in [0.717, 1.165) is 10.2 Å². The quantitative estimate of drug-likeness (QED) is 0.534. The molecule has 0 aliphatic carbocycles. The molecule has 0 saturated carbocycles. The van der Waals surface area contributed by atoms with Crippen LogP contribution in [0, 0.1) is 10.1 Å². The molecule has 0 saturated heterocycles. The number of thiophene rings is 1. The maximum Gasteiger partial charge on any atom is 0.311 e. The van der Waals surface area contributed by atoms with Crippen molar-refractivity contribution in [3.05, 3.63) is 58.1 Å². The number of pyridine rings is 1. The van der Waals surface area contributed by atoms with Crippen molar-refractivity contribution in [2.45, 2.75) is 0 Å². The predicted molar refractivity (Wildman–Crippen MR) is 72.8 cm³/mol. The molecular weight excluding hydrogens is 264 g/mol. The van der Waals surface area contributed by atoms with E-state index in [1.807, 2.05) is 11.4 Å². The van der Waals surface area contributed by atoms with Gasteiger partial charge in [-0.1, -0.05) is 12.1 Å². The molecule has 94 valence electrons. The minimum absolute atomic E-state index is 0.0518. The van der Waals surface area contributed by atoms with Crippen molar-refractivity contribution in [3.8, 4) is 11.5 Å². The molecule has 0 radical (unpaired) electrons. The Morgan fingerprint density at radius 2 is 2.00 bits per heavy atom. The van der Waals surface area contributed by atoms with Crippen molar-refractivity contribution in [2.24, 2.45) is 0 Å². The maximum atomic E-state index is 10.9. The number of hydrogen-bond donors (Lipinski definition) is 0. The molecule has 0 unspecified atom stereocenters. The van der Waals surface area contributed by atoms with Crippen LogP contribution in [-0.2, 0) is 0 Å². The smallest absolute Gasteiger partial charge is 0.311 e. The molecule has 0 aliphatic heterocycles. The Balaban J connectivity index is 2.06. The molecule has 19 heavy (non-hydrogen) atoms. The Bertz CT molecular complexity index is 754. The fourth-order valence-electron chi connectivity index (χ4n) is 1.74. The van der Waals surface area contributed by atoms with Gasteiger partial charge in [-0.15, -0.1) is 11.3 Å². The second kappa shape index (κ2) is 4.66. The van der Waals surface area contributed by atoms with Crippen LogP contribution in [-0.4, -0.2) is 9.91 Å². The van der Waals surface area contributed by atoms with Crippen LogP contribution < -0.4 is 4.74 Å². The highest BCUT2D eigenvalue weighted by Crippen LogP contribution is 2.36. The van der Waals surface area contributed by atoms with Gasteiger partial charge in [-0.25, -0.2) is 0 Å². The zero-order valence-electron chi connectivity index (χ0n) is 9.65. The first-order chi connectivity index (χ1) is 9.25. The van der Waals surface area contributed by atoms with Crippen molar-refractivity contribution in [2.75, 3.05) is 0 Å². The third kappa shape index (κ3) is 2.13. The summed E-state index contributed by atoms with van der Waals surface area (Å²) in [7, 11) is 0. The zero-order chi connectivity index (χ0) is 13.2. The molecule has 0 atom stereocenters. The lowest BCUT2D eigenvalue weighted by Gasteiger charge is -2.06. The van der Waals surface area contributed by atoms with Crippen LogP contribution in [0.4, 0.5) is 5.69 Å². The second-order valence-corrected chi connectivity index (χ2v) is 4.69. The molecule has 3 aromatic rings. The van der Waals surface area contributed by atoms with Gasteiger partial charge < -0.3 is 4.74 Å². The summed E-state index contributed by atoms with van der Waals surface area (Å²) >= 11 is 1.49. The van der Waals surface area contributed by atoms with Gasteiger partial charge in [0.25, 0.3) is 0 Å². The van der Waals surface area contributed by atoms with Crippen LogP contribution in [0.5, 0.6) is 11.5 Å². The number of ether oxygens (including phenoxy) is 1. The number of rotatable bonds is 3. The molecule has 3 rings (SSSR count). The zero-order valence-corrected chi connectivity index (χ0v) is 10.5. The van der Waals surface area contributed by atoms with Crippen LogP contribution in [0.25, 0.3) is 10.2 Å². The first kappa shape index (κ1) is 11.6. The third-order valence-electron chi connectivity index (χ3n) is 2.59. The highest BCUT2D eigenvalue weighted by Gasteiger charge is 2.15. The Kier molecular flexibility index (Phi) is 2.85. The summed E-state index contributed by atoms with van der Waals surface area (Å²) < 4.78 is 6.55. The summed E-state index contributed by atoms with van der Waals surface area (Å²) in [4.78, 5) is 14.7. The van der Waals surface area contributed by atoms with Gasteiger partial charge in [-0.3, -0.25) is 15.1 Å². The Labute approximate surface area is 112 Å². The van der Waals surface area contributed by atoms with E-state index < -0.39 is 4.92 Å². The van der Waals surface area contributed by atoms with Crippen molar-refractivity contribution >= 4 is 27.2 Å². The summed E-state index contributed by atoms with van der Waals surface area (Å²) in [5, 5.41) is 12.8. The van der Waals surface area contributed by atoms with E-state index >= 15 is 0 Å². The third-order valence-corrected chi connectivity index (χ3v) is 3.51. The topological polar surface area (TPSA) is 65.3 Å². The van der Waals surface area contributed by atoms with Gasteiger partial charge in [-0.2, -0.15) is 0 Å². The van der Waals surface area contributed by atoms with Crippen LogP contribution in [0.2, 0.25) is 0 Å². The van der Waals surface area contributed by atoms with Crippen molar-refractivity contribution < 1.29 is 9.66 Å². The summed E-state index contributed by atoms with van der Waals surface area (Å²) in [6, 6.07) is 9.90. The van der Waals surface area contributed by atoms with Gasteiger partial charge in [0.05, 0.1) is 15.1 Å². The van der Waals surface area contributed by atoms with Gasteiger partial charge in [-0.05, 0) is 17.5 Å². The lowest BCUT2D eigenvalue weighted by Crippen LogP contribution is -1.93. The van der Waals surface area contributed by atoms with Gasteiger partial charge in [0.2, 0.25) is 5.75 Å². The molecule has 0 amide bonds. The van der Waals surface area contributed by atoms with Crippen LogP contribution in [0.15, 0.2) is 48.0 Å². The molecule has 2 heterocycles. The molecular formula is C13H8N2O3S. The molecule has 0 aliphatic rings. The number of benzene rings is 1. The maximum absolute atomic E-state index is 10.9.